The second-order valence-corrected chi connectivity index (χ2v) is 8.51. The van der Waals surface area contributed by atoms with Crippen LogP contribution in [0.3, 0.4) is 0 Å². The predicted molar refractivity (Wildman–Crippen MR) is 145 cm³/mol. The van der Waals surface area contributed by atoms with Gasteiger partial charge in [-0.15, -0.1) is 24.0 Å². The first-order valence-corrected chi connectivity index (χ1v) is 11.3. The maximum atomic E-state index is 5.67. The number of benzene rings is 2. The van der Waals surface area contributed by atoms with Crippen LogP contribution in [0.25, 0.3) is 5.69 Å². The molecule has 1 fully saturated rings. The number of aromatic nitrogens is 2. The van der Waals surface area contributed by atoms with Crippen LogP contribution in [0.5, 0.6) is 0 Å². The lowest BCUT2D eigenvalue weighted by atomic mass is 9.74. The fourth-order valence-electron chi connectivity index (χ4n) is 4.51. The van der Waals surface area contributed by atoms with Crippen molar-refractivity contribution in [1.29, 1.82) is 0 Å². The fourth-order valence-corrected chi connectivity index (χ4v) is 4.51. The smallest absolute Gasteiger partial charge is 0.191 e. The van der Waals surface area contributed by atoms with Crippen LogP contribution in [0.15, 0.2) is 65.7 Å². The van der Waals surface area contributed by atoms with Gasteiger partial charge < -0.3 is 15.4 Å². The summed E-state index contributed by atoms with van der Waals surface area (Å²) in [5, 5.41) is 11.7. The van der Waals surface area contributed by atoms with E-state index in [1.54, 1.807) is 0 Å². The van der Waals surface area contributed by atoms with Crippen LogP contribution < -0.4 is 10.6 Å². The van der Waals surface area contributed by atoms with Gasteiger partial charge in [-0.2, -0.15) is 5.10 Å². The molecule has 0 radical (unpaired) electrons. The molecule has 7 heteroatoms. The summed E-state index contributed by atoms with van der Waals surface area (Å²) >= 11 is 0. The molecular formula is C26H34IN5O. The van der Waals surface area contributed by atoms with Gasteiger partial charge in [0.1, 0.15) is 0 Å². The highest BCUT2D eigenvalue weighted by atomic mass is 127. The Morgan fingerprint density at radius 3 is 2.39 bits per heavy atom. The van der Waals surface area contributed by atoms with Gasteiger partial charge in [-0.1, -0.05) is 48.5 Å². The molecule has 0 spiro atoms. The minimum atomic E-state index is 0. The van der Waals surface area contributed by atoms with Gasteiger partial charge in [-0.3, -0.25) is 4.99 Å². The molecule has 2 N–H and O–H groups in total. The third-order valence-corrected chi connectivity index (χ3v) is 6.33. The van der Waals surface area contributed by atoms with E-state index in [1.165, 1.54) is 11.1 Å². The molecule has 1 aromatic heterocycles. The quantitative estimate of drug-likeness (QED) is 0.265. The third kappa shape index (κ3) is 5.95. The molecule has 0 unspecified atom stereocenters. The van der Waals surface area contributed by atoms with Gasteiger partial charge in [0.05, 0.1) is 11.4 Å². The molecule has 0 aliphatic carbocycles. The van der Waals surface area contributed by atoms with Crippen molar-refractivity contribution in [1.82, 2.24) is 20.4 Å². The number of nitrogens with zero attached hydrogens (tertiary/aromatic N) is 3. The van der Waals surface area contributed by atoms with Crippen LogP contribution in [-0.4, -0.2) is 42.5 Å². The van der Waals surface area contributed by atoms with E-state index in [1.807, 2.05) is 18.7 Å². The summed E-state index contributed by atoms with van der Waals surface area (Å²) in [6, 6.07) is 21.2. The van der Waals surface area contributed by atoms with Crippen LogP contribution in [0, 0.1) is 13.8 Å². The third-order valence-electron chi connectivity index (χ3n) is 6.33. The highest BCUT2D eigenvalue weighted by Gasteiger charge is 2.34. The normalized spacial score (nSPS) is 15.5. The molecule has 2 aromatic carbocycles. The van der Waals surface area contributed by atoms with Gasteiger partial charge in [0.25, 0.3) is 0 Å². The Hall–Kier alpha value is -2.39. The molecule has 4 rings (SSSR count). The van der Waals surface area contributed by atoms with Crippen molar-refractivity contribution in [2.24, 2.45) is 4.99 Å². The van der Waals surface area contributed by atoms with Crippen molar-refractivity contribution in [3.05, 3.63) is 83.2 Å². The molecule has 0 atom stereocenters. The predicted octanol–water partition coefficient (Wildman–Crippen LogP) is 4.52. The van der Waals surface area contributed by atoms with E-state index in [2.05, 4.69) is 88.3 Å². The topological polar surface area (TPSA) is 63.5 Å². The second-order valence-electron chi connectivity index (χ2n) is 8.51. The zero-order valence-electron chi connectivity index (χ0n) is 19.7. The number of para-hydroxylation sites is 1. The van der Waals surface area contributed by atoms with Gasteiger partial charge in [-0.25, -0.2) is 4.68 Å². The largest absolute Gasteiger partial charge is 0.381 e. The van der Waals surface area contributed by atoms with Gasteiger partial charge in [0, 0.05) is 44.5 Å². The summed E-state index contributed by atoms with van der Waals surface area (Å²) in [6.45, 7) is 7.17. The molecule has 1 aliphatic rings. The summed E-state index contributed by atoms with van der Waals surface area (Å²) in [5.41, 5.74) is 5.82. The van der Waals surface area contributed by atoms with Crippen LogP contribution in [-0.2, 0) is 16.7 Å². The highest BCUT2D eigenvalue weighted by Crippen LogP contribution is 2.34. The van der Waals surface area contributed by atoms with E-state index in [-0.39, 0.29) is 29.4 Å². The molecule has 33 heavy (non-hydrogen) atoms. The molecule has 1 aliphatic heterocycles. The fraction of sp³-hybridized carbons (Fsp3) is 0.385. The van der Waals surface area contributed by atoms with Gasteiger partial charge in [-0.05, 0) is 49.9 Å². The number of halogens is 1. The lowest BCUT2D eigenvalue weighted by molar-refractivity contribution is 0.0514. The SMILES string of the molecule is CN=C(NCc1ccccc1-n1nc(C)cc1C)NCC1(c2ccccc2)CCOCC1.I. The first kappa shape index (κ1) is 25.2. The van der Waals surface area contributed by atoms with E-state index >= 15 is 0 Å². The van der Waals surface area contributed by atoms with Crippen molar-refractivity contribution >= 4 is 29.9 Å². The first-order valence-electron chi connectivity index (χ1n) is 11.3. The number of nitrogens with one attached hydrogen (secondary N) is 2. The Bertz CT molecular complexity index is 1060. The van der Waals surface area contributed by atoms with E-state index in [4.69, 9.17) is 4.74 Å². The Balaban J connectivity index is 0.00000306. The average Bonchev–Trinajstić information content (AvgIpc) is 3.18. The number of rotatable bonds is 6. The molecule has 1 saturated heterocycles. The minimum Gasteiger partial charge on any atom is -0.381 e. The Morgan fingerprint density at radius 1 is 1.03 bits per heavy atom. The summed E-state index contributed by atoms with van der Waals surface area (Å²) in [7, 11) is 1.82. The van der Waals surface area contributed by atoms with E-state index in [0.717, 1.165) is 55.6 Å². The van der Waals surface area contributed by atoms with Gasteiger partial charge in [0.15, 0.2) is 5.96 Å². The zero-order valence-corrected chi connectivity index (χ0v) is 22.0. The number of hydrogen-bond acceptors (Lipinski definition) is 3. The Morgan fingerprint density at radius 2 is 1.73 bits per heavy atom. The maximum Gasteiger partial charge on any atom is 0.191 e. The minimum absolute atomic E-state index is 0. The number of aliphatic imine (C=N–C) groups is 1. The van der Waals surface area contributed by atoms with Crippen LogP contribution in [0.4, 0.5) is 0 Å². The highest BCUT2D eigenvalue weighted by molar-refractivity contribution is 14.0. The van der Waals surface area contributed by atoms with Crippen LogP contribution in [0.2, 0.25) is 0 Å². The zero-order chi connectivity index (χ0) is 22.4. The maximum absolute atomic E-state index is 5.67. The first-order chi connectivity index (χ1) is 15.6. The Kier molecular flexibility index (Phi) is 8.91. The van der Waals surface area contributed by atoms with Crippen molar-refractivity contribution in [2.75, 3.05) is 26.8 Å². The monoisotopic (exact) mass is 559 g/mol. The lowest BCUT2D eigenvalue weighted by Gasteiger charge is -2.38. The van der Waals surface area contributed by atoms with Gasteiger partial charge in [0.2, 0.25) is 0 Å². The summed E-state index contributed by atoms with van der Waals surface area (Å²) in [6.07, 6.45) is 2.00. The molecule has 6 nitrogen and oxygen atoms in total. The summed E-state index contributed by atoms with van der Waals surface area (Å²) < 4.78 is 7.68. The molecule has 0 amide bonds. The van der Waals surface area contributed by atoms with Crippen LogP contribution in [0.1, 0.15) is 35.4 Å². The number of guanidine groups is 1. The van der Waals surface area contributed by atoms with E-state index < -0.39 is 0 Å². The standard InChI is InChI=1S/C26H33N5O.HI/c1-20-17-21(2)31(30-20)24-12-8-7-9-22(24)18-28-25(27-3)29-19-26(13-15-32-16-14-26)23-10-5-4-6-11-23;/h4-12,17H,13-16,18-19H2,1-3H3,(H2,27,28,29);1H. The van der Waals surface area contributed by atoms with E-state index in [0.29, 0.717) is 6.54 Å². The summed E-state index contributed by atoms with van der Waals surface area (Å²) in [5.74, 6) is 0.801. The average molecular weight is 559 g/mol. The Labute approximate surface area is 213 Å². The number of aryl methyl sites for hydroxylation is 2. The number of ether oxygens (including phenoxy) is 1. The lowest BCUT2D eigenvalue weighted by Crippen LogP contribution is -2.48. The number of hydrogen-bond donors (Lipinski definition) is 2. The molecule has 0 saturated carbocycles. The van der Waals surface area contributed by atoms with Gasteiger partial charge >= 0.3 is 0 Å². The van der Waals surface area contributed by atoms with Crippen LogP contribution >= 0.6 is 24.0 Å². The second kappa shape index (κ2) is 11.7. The van der Waals surface area contributed by atoms with E-state index in [9.17, 15) is 0 Å². The van der Waals surface area contributed by atoms with Crippen molar-refractivity contribution in [3.63, 3.8) is 0 Å². The molecule has 3 aromatic rings. The van der Waals surface area contributed by atoms with Crippen molar-refractivity contribution in [2.45, 2.75) is 38.6 Å². The molecule has 2 heterocycles. The molecular weight excluding hydrogens is 525 g/mol. The molecule has 176 valence electrons. The summed E-state index contributed by atoms with van der Waals surface area (Å²) in [4.78, 5) is 4.48. The van der Waals surface area contributed by atoms with Crippen molar-refractivity contribution < 1.29 is 4.74 Å². The molecule has 0 bridgehead atoms. The van der Waals surface area contributed by atoms with Crippen molar-refractivity contribution in [3.8, 4) is 5.69 Å².